The van der Waals surface area contributed by atoms with Gasteiger partial charge in [0.1, 0.15) is 5.60 Å². The maximum atomic E-state index is 12.5. The maximum Gasteiger partial charge on any atom is 0.410 e. The number of fused-ring (bicyclic) bond motifs is 2. The third-order valence-electron chi connectivity index (χ3n) is 4.84. The SMILES string of the molecule is CC(NC1CC2CCC(C1)N2C(=O)OC(C)(C)C)c1cn[nH]c1. The summed E-state index contributed by atoms with van der Waals surface area (Å²) in [4.78, 5) is 14.5. The molecule has 3 rings (SSSR count). The zero-order valence-corrected chi connectivity index (χ0v) is 14.5. The van der Waals surface area contributed by atoms with E-state index in [-0.39, 0.29) is 12.1 Å². The molecule has 0 aliphatic carbocycles. The number of nitrogens with zero attached hydrogens (tertiary/aromatic N) is 2. The summed E-state index contributed by atoms with van der Waals surface area (Å²) in [7, 11) is 0. The van der Waals surface area contributed by atoms with Crippen LogP contribution in [0.15, 0.2) is 12.4 Å². The molecule has 0 aromatic carbocycles. The summed E-state index contributed by atoms with van der Waals surface area (Å²) in [5.74, 6) is 0. The molecular formula is C17H28N4O2. The van der Waals surface area contributed by atoms with Crippen molar-refractivity contribution in [2.24, 2.45) is 0 Å². The van der Waals surface area contributed by atoms with Crippen molar-refractivity contribution in [3.63, 3.8) is 0 Å². The number of carbonyl (C=O) groups is 1. The van der Waals surface area contributed by atoms with Crippen LogP contribution in [0.3, 0.4) is 0 Å². The highest BCUT2D eigenvalue weighted by molar-refractivity contribution is 5.69. The van der Waals surface area contributed by atoms with E-state index in [1.165, 1.54) is 5.56 Å². The van der Waals surface area contributed by atoms with Crippen molar-refractivity contribution in [3.05, 3.63) is 18.0 Å². The van der Waals surface area contributed by atoms with Gasteiger partial charge in [-0.1, -0.05) is 0 Å². The number of ether oxygens (including phenoxy) is 1. The van der Waals surface area contributed by atoms with E-state index in [0.717, 1.165) is 25.7 Å². The Labute approximate surface area is 138 Å². The van der Waals surface area contributed by atoms with E-state index in [9.17, 15) is 4.79 Å². The molecule has 3 heterocycles. The topological polar surface area (TPSA) is 70.2 Å². The number of piperidine rings is 1. The van der Waals surface area contributed by atoms with Crippen LogP contribution in [0.1, 0.15) is 65.0 Å². The molecule has 6 heteroatoms. The minimum Gasteiger partial charge on any atom is -0.444 e. The summed E-state index contributed by atoms with van der Waals surface area (Å²) in [6.45, 7) is 7.93. The van der Waals surface area contributed by atoms with E-state index in [4.69, 9.17) is 4.74 Å². The van der Waals surface area contributed by atoms with Crippen molar-refractivity contribution >= 4 is 6.09 Å². The summed E-state index contributed by atoms with van der Waals surface area (Å²) >= 11 is 0. The largest absolute Gasteiger partial charge is 0.444 e. The van der Waals surface area contributed by atoms with Crippen molar-refractivity contribution in [2.45, 2.75) is 83.1 Å². The molecule has 128 valence electrons. The van der Waals surface area contributed by atoms with Gasteiger partial charge in [0.15, 0.2) is 0 Å². The lowest BCUT2D eigenvalue weighted by Crippen LogP contribution is -2.52. The third kappa shape index (κ3) is 3.68. The number of carbonyl (C=O) groups excluding carboxylic acids is 1. The Hall–Kier alpha value is -1.56. The normalized spacial score (nSPS) is 28.7. The van der Waals surface area contributed by atoms with Gasteiger partial charge in [-0.15, -0.1) is 0 Å². The first-order valence-corrected chi connectivity index (χ1v) is 8.59. The quantitative estimate of drug-likeness (QED) is 0.898. The second-order valence-corrected chi connectivity index (χ2v) is 7.86. The molecule has 23 heavy (non-hydrogen) atoms. The van der Waals surface area contributed by atoms with Gasteiger partial charge in [0, 0.05) is 35.9 Å². The highest BCUT2D eigenvalue weighted by Gasteiger charge is 2.44. The van der Waals surface area contributed by atoms with Crippen LogP contribution in [0.5, 0.6) is 0 Å². The molecule has 2 aliphatic heterocycles. The van der Waals surface area contributed by atoms with E-state index in [1.807, 2.05) is 38.1 Å². The molecule has 6 nitrogen and oxygen atoms in total. The Morgan fingerprint density at radius 2 is 2.04 bits per heavy atom. The standard InChI is InChI=1S/C17H28N4O2/c1-11(12-9-18-19-10-12)20-13-7-14-5-6-15(8-13)21(14)16(22)23-17(2,3)4/h9-11,13-15,20H,5-8H2,1-4H3,(H,18,19). The fourth-order valence-corrected chi connectivity index (χ4v) is 3.87. The van der Waals surface area contributed by atoms with Gasteiger partial charge in [-0.25, -0.2) is 4.79 Å². The first kappa shape index (κ1) is 16.3. The Morgan fingerprint density at radius 3 is 2.57 bits per heavy atom. The lowest BCUT2D eigenvalue weighted by Gasteiger charge is -2.40. The van der Waals surface area contributed by atoms with Gasteiger partial charge < -0.3 is 15.0 Å². The summed E-state index contributed by atoms with van der Waals surface area (Å²) in [6, 6.07) is 1.32. The summed E-state index contributed by atoms with van der Waals surface area (Å²) in [6.07, 6.45) is 7.82. The molecule has 1 aromatic rings. The molecule has 2 saturated heterocycles. The Kier molecular flexibility index (Phi) is 4.36. The highest BCUT2D eigenvalue weighted by Crippen LogP contribution is 2.37. The average molecular weight is 320 g/mol. The van der Waals surface area contributed by atoms with Crippen LogP contribution in [-0.4, -0.2) is 44.9 Å². The maximum absolute atomic E-state index is 12.5. The molecule has 1 amide bonds. The fourth-order valence-electron chi connectivity index (χ4n) is 3.87. The van der Waals surface area contributed by atoms with Crippen LogP contribution >= 0.6 is 0 Å². The van der Waals surface area contributed by atoms with Crippen LogP contribution in [0.25, 0.3) is 0 Å². The van der Waals surface area contributed by atoms with Gasteiger partial charge in [-0.2, -0.15) is 5.10 Å². The number of H-pyrrole nitrogens is 1. The number of aromatic amines is 1. The number of amides is 1. The molecule has 2 fully saturated rings. The summed E-state index contributed by atoms with van der Waals surface area (Å²) < 4.78 is 5.59. The first-order chi connectivity index (χ1) is 10.8. The number of rotatable bonds is 3. The van der Waals surface area contributed by atoms with Crippen LogP contribution < -0.4 is 5.32 Å². The minimum atomic E-state index is -0.429. The van der Waals surface area contributed by atoms with Crippen molar-refractivity contribution in [1.29, 1.82) is 0 Å². The molecule has 0 saturated carbocycles. The smallest absolute Gasteiger partial charge is 0.410 e. The van der Waals surface area contributed by atoms with E-state index in [1.54, 1.807) is 0 Å². The second-order valence-electron chi connectivity index (χ2n) is 7.86. The molecule has 1 aromatic heterocycles. The zero-order valence-electron chi connectivity index (χ0n) is 14.5. The Bertz CT molecular complexity index is 523. The predicted molar refractivity (Wildman–Crippen MR) is 88.0 cm³/mol. The van der Waals surface area contributed by atoms with Crippen molar-refractivity contribution < 1.29 is 9.53 Å². The monoisotopic (exact) mass is 320 g/mol. The summed E-state index contributed by atoms with van der Waals surface area (Å²) in [5.41, 5.74) is 0.744. The Morgan fingerprint density at radius 1 is 1.39 bits per heavy atom. The Balaban J connectivity index is 1.59. The molecular weight excluding hydrogens is 292 g/mol. The highest BCUT2D eigenvalue weighted by atomic mass is 16.6. The van der Waals surface area contributed by atoms with Gasteiger partial charge in [0.25, 0.3) is 0 Å². The van der Waals surface area contributed by atoms with Crippen LogP contribution in [-0.2, 0) is 4.74 Å². The second kappa shape index (κ2) is 6.15. The molecule has 0 spiro atoms. The zero-order chi connectivity index (χ0) is 16.6. The fraction of sp³-hybridized carbons (Fsp3) is 0.765. The first-order valence-electron chi connectivity index (χ1n) is 8.59. The van der Waals surface area contributed by atoms with Gasteiger partial charge in [-0.05, 0) is 53.4 Å². The van der Waals surface area contributed by atoms with Crippen LogP contribution in [0.4, 0.5) is 4.79 Å². The molecule has 0 radical (unpaired) electrons. The number of hydrogen-bond donors (Lipinski definition) is 2. The number of aromatic nitrogens is 2. The van der Waals surface area contributed by atoms with Crippen molar-refractivity contribution in [3.8, 4) is 0 Å². The van der Waals surface area contributed by atoms with Gasteiger partial charge >= 0.3 is 6.09 Å². The third-order valence-corrected chi connectivity index (χ3v) is 4.84. The molecule has 2 N–H and O–H groups in total. The van der Waals surface area contributed by atoms with E-state index < -0.39 is 5.60 Å². The van der Waals surface area contributed by atoms with Gasteiger partial charge in [-0.3, -0.25) is 5.10 Å². The van der Waals surface area contributed by atoms with Crippen LogP contribution in [0, 0.1) is 0 Å². The van der Waals surface area contributed by atoms with Gasteiger partial charge in [0.2, 0.25) is 0 Å². The van der Waals surface area contributed by atoms with E-state index in [0.29, 0.717) is 18.1 Å². The van der Waals surface area contributed by atoms with Crippen molar-refractivity contribution in [1.82, 2.24) is 20.4 Å². The molecule has 2 bridgehead atoms. The number of nitrogens with one attached hydrogen (secondary N) is 2. The van der Waals surface area contributed by atoms with Gasteiger partial charge in [0.05, 0.1) is 6.20 Å². The molecule has 3 atom stereocenters. The number of hydrogen-bond acceptors (Lipinski definition) is 4. The summed E-state index contributed by atoms with van der Waals surface area (Å²) in [5, 5.41) is 10.6. The predicted octanol–water partition coefficient (Wildman–Crippen LogP) is 2.99. The van der Waals surface area contributed by atoms with E-state index in [2.05, 4.69) is 22.4 Å². The van der Waals surface area contributed by atoms with Crippen molar-refractivity contribution in [2.75, 3.05) is 0 Å². The van der Waals surface area contributed by atoms with E-state index >= 15 is 0 Å². The molecule has 2 aliphatic rings. The average Bonchev–Trinajstić information content (AvgIpc) is 3.04. The van der Waals surface area contributed by atoms with Crippen LogP contribution in [0.2, 0.25) is 0 Å². The lowest BCUT2D eigenvalue weighted by atomic mass is 9.96. The molecule has 3 unspecified atom stereocenters. The lowest BCUT2D eigenvalue weighted by molar-refractivity contribution is 0.00435. The minimum absolute atomic E-state index is 0.147.